The van der Waals surface area contributed by atoms with Gasteiger partial charge in [-0.1, -0.05) is 0 Å². The lowest BCUT2D eigenvalue weighted by molar-refractivity contribution is -0.140. The summed E-state index contributed by atoms with van der Waals surface area (Å²) in [6, 6.07) is 2.13. The molecule has 0 aromatic heterocycles. The molecule has 0 fully saturated rings. The van der Waals surface area contributed by atoms with Crippen LogP contribution in [0.5, 0.6) is 5.75 Å². The van der Waals surface area contributed by atoms with Crippen LogP contribution in [-0.4, -0.2) is 24.0 Å². The number of Topliss-reactive ketones (excluding diaryl/α,β-unsaturated/α-hetero) is 1. The molecule has 1 aromatic carbocycles. The molecule has 0 aliphatic heterocycles. The third-order valence-electron chi connectivity index (χ3n) is 2.64. The van der Waals surface area contributed by atoms with Crippen LogP contribution in [0.3, 0.4) is 0 Å². The number of carbonyl (C=O) groups is 2. The lowest BCUT2D eigenvalue weighted by atomic mass is 10.0. The van der Waals surface area contributed by atoms with Crippen LogP contribution in [0.2, 0.25) is 0 Å². The number of esters is 1. The predicted molar refractivity (Wildman–Crippen MR) is 63.3 cm³/mol. The molecule has 4 nitrogen and oxygen atoms in total. The molecule has 20 heavy (non-hydrogen) atoms. The largest absolute Gasteiger partial charge is 0.507 e. The Morgan fingerprint density at radius 3 is 2.45 bits per heavy atom. The minimum atomic E-state index is -4.59. The van der Waals surface area contributed by atoms with Crippen molar-refractivity contribution in [1.29, 1.82) is 0 Å². The number of alkyl halides is 3. The summed E-state index contributed by atoms with van der Waals surface area (Å²) in [5.41, 5.74) is -1.41. The Morgan fingerprint density at radius 1 is 1.25 bits per heavy atom. The van der Waals surface area contributed by atoms with Gasteiger partial charge in [0, 0.05) is 12.8 Å². The van der Waals surface area contributed by atoms with Crippen molar-refractivity contribution in [2.45, 2.75) is 25.4 Å². The summed E-state index contributed by atoms with van der Waals surface area (Å²) in [7, 11) is 1.20. The van der Waals surface area contributed by atoms with Crippen LogP contribution in [0.25, 0.3) is 0 Å². The SMILES string of the molecule is COC(=O)CCCC(=O)c1cc(C(F)(F)F)ccc1O. The second kappa shape index (κ2) is 6.40. The van der Waals surface area contributed by atoms with E-state index in [0.717, 1.165) is 6.07 Å². The average molecular weight is 290 g/mol. The van der Waals surface area contributed by atoms with Crippen LogP contribution in [0.4, 0.5) is 13.2 Å². The van der Waals surface area contributed by atoms with Gasteiger partial charge >= 0.3 is 12.1 Å². The number of hydrogen-bond acceptors (Lipinski definition) is 4. The van der Waals surface area contributed by atoms with E-state index in [1.54, 1.807) is 0 Å². The summed E-state index contributed by atoms with van der Waals surface area (Å²) < 4.78 is 41.9. The van der Waals surface area contributed by atoms with Gasteiger partial charge in [-0.3, -0.25) is 9.59 Å². The summed E-state index contributed by atoms with van der Waals surface area (Å²) in [6.07, 6.45) is -4.61. The zero-order valence-electron chi connectivity index (χ0n) is 10.7. The third kappa shape index (κ3) is 4.25. The number of carbonyl (C=O) groups excluding carboxylic acids is 2. The summed E-state index contributed by atoms with van der Waals surface area (Å²) in [5.74, 6) is -1.68. The summed E-state index contributed by atoms with van der Waals surface area (Å²) in [5, 5.41) is 9.45. The standard InChI is InChI=1S/C13H13F3O4/c1-20-12(19)4-2-3-10(17)9-7-8(13(14,15)16)5-6-11(9)18/h5-7,18H,2-4H2,1H3. The molecule has 0 bridgehead atoms. The highest BCUT2D eigenvalue weighted by molar-refractivity contribution is 5.98. The molecule has 0 radical (unpaired) electrons. The number of ether oxygens (including phenoxy) is 1. The first kappa shape index (κ1) is 16.0. The molecule has 0 aliphatic rings. The average Bonchev–Trinajstić information content (AvgIpc) is 2.37. The first-order chi connectivity index (χ1) is 9.25. The quantitative estimate of drug-likeness (QED) is 0.669. The maximum atomic E-state index is 12.5. The fraction of sp³-hybridized carbons (Fsp3) is 0.385. The number of benzene rings is 1. The number of aromatic hydroxyl groups is 1. The first-order valence-corrected chi connectivity index (χ1v) is 5.76. The summed E-state index contributed by atoms with van der Waals surface area (Å²) in [4.78, 5) is 22.6. The molecule has 0 saturated carbocycles. The minimum absolute atomic E-state index is 0.0119. The Hall–Kier alpha value is -2.05. The van der Waals surface area contributed by atoms with E-state index in [0.29, 0.717) is 12.1 Å². The lowest BCUT2D eigenvalue weighted by Gasteiger charge is -2.09. The number of phenolic OH excluding ortho intramolecular Hbond substituents is 1. The zero-order valence-corrected chi connectivity index (χ0v) is 10.7. The van der Waals surface area contributed by atoms with E-state index < -0.39 is 34.8 Å². The Morgan fingerprint density at radius 2 is 1.90 bits per heavy atom. The Kier molecular flexibility index (Phi) is 5.12. The van der Waals surface area contributed by atoms with Gasteiger partial charge in [-0.05, 0) is 24.6 Å². The molecule has 0 aliphatic carbocycles. The van der Waals surface area contributed by atoms with E-state index in [-0.39, 0.29) is 19.3 Å². The molecular formula is C13H13F3O4. The van der Waals surface area contributed by atoms with Crippen LogP contribution in [0.15, 0.2) is 18.2 Å². The number of methoxy groups -OCH3 is 1. The van der Waals surface area contributed by atoms with E-state index in [1.165, 1.54) is 7.11 Å². The normalized spacial score (nSPS) is 11.2. The van der Waals surface area contributed by atoms with Crippen LogP contribution in [0, 0.1) is 0 Å². The molecule has 110 valence electrons. The van der Waals surface area contributed by atoms with Gasteiger partial charge in [-0.2, -0.15) is 13.2 Å². The third-order valence-corrected chi connectivity index (χ3v) is 2.64. The van der Waals surface area contributed by atoms with Gasteiger partial charge in [-0.15, -0.1) is 0 Å². The van der Waals surface area contributed by atoms with Gasteiger partial charge in [0.05, 0.1) is 18.2 Å². The molecule has 1 rings (SSSR count). The second-order valence-electron chi connectivity index (χ2n) is 4.08. The van der Waals surface area contributed by atoms with Crippen molar-refractivity contribution in [3.8, 4) is 5.75 Å². The number of ketones is 1. The van der Waals surface area contributed by atoms with E-state index >= 15 is 0 Å². The molecule has 1 aromatic rings. The second-order valence-corrected chi connectivity index (χ2v) is 4.08. The van der Waals surface area contributed by atoms with Crippen LogP contribution >= 0.6 is 0 Å². The Balaban J connectivity index is 2.79. The van der Waals surface area contributed by atoms with Crippen LogP contribution in [0.1, 0.15) is 35.2 Å². The highest BCUT2D eigenvalue weighted by Gasteiger charge is 2.31. The zero-order chi connectivity index (χ0) is 15.3. The van der Waals surface area contributed by atoms with Gasteiger partial charge in [0.25, 0.3) is 0 Å². The molecule has 1 N–H and O–H groups in total. The van der Waals surface area contributed by atoms with E-state index in [9.17, 15) is 27.9 Å². The molecule has 0 amide bonds. The van der Waals surface area contributed by atoms with Crippen molar-refractivity contribution >= 4 is 11.8 Å². The van der Waals surface area contributed by atoms with Crippen molar-refractivity contribution in [2.75, 3.05) is 7.11 Å². The molecule has 0 spiro atoms. The molecule has 0 heterocycles. The molecule has 0 atom stereocenters. The minimum Gasteiger partial charge on any atom is -0.507 e. The van der Waals surface area contributed by atoms with Crippen molar-refractivity contribution in [3.05, 3.63) is 29.3 Å². The van der Waals surface area contributed by atoms with Gasteiger partial charge in [0.1, 0.15) is 5.75 Å². The van der Waals surface area contributed by atoms with Crippen molar-refractivity contribution in [2.24, 2.45) is 0 Å². The summed E-state index contributed by atoms with van der Waals surface area (Å²) in [6.45, 7) is 0. The van der Waals surface area contributed by atoms with E-state index in [1.807, 2.05) is 0 Å². The number of hydrogen-bond donors (Lipinski definition) is 1. The van der Waals surface area contributed by atoms with Gasteiger partial charge in [0.15, 0.2) is 5.78 Å². The molecular weight excluding hydrogens is 277 g/mol. The van der Waals surface area contributed by atoms with Crippen LogP contribution in [-0.2, 0) is 15.7 Å². The number of halogens is 3. The Labute approximate surface area is 113 Å². The van der Waals surface area contributed by atoms with E-state index in [4.69, 9.17) is 0 Å². The highest BCUT2D eigenvalue weighted by atomic mass is 19.4. The van der Waals surface area contributed by atoms with Gasteiger partial charge in [-0.25, -0.2) is 0 Å². The number of phenols is 1. The van der Waals surface area contributed by atoms with Crippen molar-refractivity contribution < 1.29 is 32.6 Å². The number of rotatable bonds is 5. The Bertz CT molecular complexity index is 509. The fourth-order valence-electron chi connectivity index (χ4n) is 1.57. The van der Waals surface area contributed by atoms with E-state index in [2.05, 4.69) is 4.74 Å². The maximum Gasteiger partial charge on any atom is 0.416 e. The predicted octanol–water partition coefficient (Wildman–Crippen LogP) is 2.94. The molecule has 0 unspecified atom stereocenters. The van der Waals surface area contributed by atoms with Gasteiger partial charge in [0.2, 0.25) is 0 Å². The lowest BCUT2D eigenvalue weighted by Crippen LogP contribution is -2.08. The molecule has 0 saturated heterocycles. The first-order valence-electron chi connectivity index (χ1n) is 5.76. The molecule has 7 heteroatoms. The van der Waals surface area contributed by atoms with Crippen molar-refractivity contribution in [3.63, 3.8) is 0 Å². The maximum absolute atomic E-state index is 12.5. The van der Waals surface area contributed by atoms with Crippen LogP contribution < -0.4 is 0 Å². The topological polar surface area (TPSA) is 63.6 Å². The fourth-order valence-corrected chi connectivity index (χ4v) is 1.57. The summed E-state index contributed by atoms with van der Waals surface area (Å²) >= 11 is 0. The monoisotopic (exact) mass is 290 g/mol. The smallest absolute Gasteiger partial charge is 0.416 e. The van der Waals surface area contributed by atoms with Gasteiger partial charge < -0.3 is 9.84 Å². The van der Waals surface area contributed by atoms with Crippen molar-refractivity contribution in [1.82, 2.24) is 0 Å². The highest BCUT2D eigenvalue weighted by Crippen LogP contribution is 2.32.